The van der Waals surface area contributed by atoms with Crippen LogP contribution in [0.3, 0.4) is 0 Å². The summed E-state index contributed by atoms with van der Waals surface area (Å²) in [7, 11) is 0. The average molecular weight is 629 g/mol. The summed E-state index contributed by atoms with van der Waals surface area (Å²) in [5.74, 6) is -1.15. The Morgan fingerprint density at radius 2 is 2.07 bits per heavy atom. The Kier molecular flexibility index (Phi) is 8.27. The van der Waals surface area contributed by atoms with Crippen molar-refractivity contribution in [3.8, 4) is 6.07 Å². The first-order chi connectivity index (χ1) is 19.7. The number of carbonyl (C=O) groups is 2. The number of nitriles is 1. The number of nitrogens with one attached hydrogen (secondary N) is 1. The van der Waals surface area contributed by atoms with E-state index in [0.29, 0.717) is 61.3 Å². The van der Waals surface area contributed by atoms with Crippen LogP contribution < -0.4 is 16.0 Å². The average Bonchev–Trinajstić information content (AvgIpc) is 3.40. The van der Waals surface area contributed by atoms with Crippen molar-refractivity contribution < 1.29 is 14.5 Å². The number of nitrogens with zero attached hydrogens (tertiary/aromatic N) is 5. The molecule has 2 heterocycles. The number of nitro groups is 1. The van der Waals surface area contributed by atoms with Gasteiger partial charge in [0, 0.05) is 45.6 Å². The van der Waals surface area contributed by atoms with E-state index >= 15 is 0 Å². The molecular formula is C26H19Cl2N7O4S2. The van der Waals surface area contributed by atoms with Crippen molar-refractivity contribution >= 4 is 74.5 Å². The van der Waals surface area contributed by atoms with E-state index in [4.69, 9.17) is 28.9 Å². The maximum Gasteiger partial charge on any atom is 0.271 e. The van der Waals surface area contributed by atoms with Gasteiger partial charge in [0.25, 0.3) is 5.69 Å². The Balaban J connectivity index is 1.41. The van der Waals surface area contributed by atoms with E-state index in [-0.39, 0.29) is 34.5 Å². The molecule has 1 amide bonds. The number of amides is 1. The van der Waals surface area contributed by atoms with Gasteiger partial charge in [0.05, 0.1) is 28.2 Å². The number of allylic oxidation sites excluding steroid dienone is 3. The number of Topliss-reactive ketones (excluding diaryl/α,β-unsaturated/α-hetero) is 1. The number of halogens is 2. The molecule has 2 aliphatic rings. The van der Waals surface area contributed by atoms with Crippen LogP contribution in [0.2, 0.25) is 10.0 Å². The second-order valence-corrected chi connectivity index (χ2v) is 12.0. The van der Waals surface area contributed by atoms with E-state index in [1.807, 2.05) is 0 Å². The van der Waals surface area contributed by atoms with Gasteiger partial charge < -0.3 is 11.1 Å². The van der Waals surface area contributed by atoms with Crippen LogP contribution in [-0.2, 0) is 9.59 Å². The topological polar surface area (TPSA) is 168 Å². The SMILES string of the molecule is N#CC1=C(N)N(c2nnc(SCC(=O)Nc3cccc([N+](=O)[O-])c3)s2)C2=C(C(=O)CCC2)C1c1ccc(Cl)cc1Cl. The summed E-state index contributed by atoms with van der Waals surface area (Å²) in [6.45, 7) is 0. The molecule has 0 bridgehead atoms. The van der Waals surface area contributed by atoms with E-state index < -0.39 is 10.8 Å². The molecule has 0 saturated carbocycles. The summed E-state index contributed by atoms with van der Waals surface area (Å²) >= 11 is 14.9. The third-order valence-corrected chi connectivity index (χ3v) is 9.05. The number of rotatable bonds is 7. The monoisotopic (exact) mass is 627 g/mol. The maximum atomic E-state index is 13.3. The lowest BCUT2D eigenvalue weighted by Crippen LogP contribution is -2.38. The van der Waals surface area contributed by atoms with E-state index in [2.05, 4.69) is 21.6 Å². The van der Waals surface area contributed by atoms with Gasteiger partial charge in [-0.2, -0.15) is 5.26 Å². The smallest absolute Gasteiger partial charge is 0.271 e. The van der Waals surface area contributed by atoms with Gasteiger partial charge in [-0.05, 0) is 36.6 Å². The largest absolute Gasteiger partial charge is 0.384 e. The molecule has 1 aliphatic carbocycles. The summed E-state index contributed by atoms with van der Waals surface area (Å²) in [4.78, 5) is 37.8. The minimum Gasteiger partial charge on any atom is -0.384 e. The Hall–Kier alpha value is -3.96. The molecule has 208 valence electrons. The zero-order valence-corrected chi connectivity index (χ0v) is 24.1. The summed E-state index contributed by atoms with van der Waals surface area (Å²) in [5.41, 5.74) is 8.51. The molecule has 41 heavy (non-hydrogen) atoms. The van der Waals surface area contributed by atoms with Crippen LogP contribution >= 0.6 is 46.3 Å². The van der Waals surface area contributed by atoms with Crippen LogP contribution in [0.1, 0.15) is 30.7 Å². The van der Waals surface area contributed by atoms with Gasteiger partial charge in [0.2, 0.25) is 11.0 Å². The molecule has 3 N–H and O–H groups in total. The molecule has 1 unspecified atom stereocenters. The van der Waals surface area contributed by atoms with Gasteiger partial charge in [-0.15, -0.1) is 10.2 Å². The molecular weight excluding hydrogens is 609 g/mol. The van der Waals surface area contributed by atoms with Crippen LogP contribution in [0.5, 0.6) is 0 Å². The third kappa shape index (κ3) is 5.77. The highest BCUT2D eigenvalue weighted by molar-refractivity contribution is 8.01. The first-order valence-electron chi connectivity index (χ1n) is 12.1. The number of hydrogen-bond donors (Lipinski definition) is 2. The van der Waals surface area contributed by atoms with E-state index in [0.717, 1.165) is 23.1 Å². The van der Waals surface area contributed by atoms with Gasteiger partial charge in [-0.1, -0.05) is 58.4 Å². The van der Waals surface area contributed by atoms with Gasteiger partial charge in [0.1, 0.15) is 5.82 Å². The molecule has 3 aromatic rings. The highest BCUT2D eigenvalue weighted by Gasteiger charge is 2.42. The lowest BCUT2D eigenvalue weighted by atomic mass is 9.76. The van der Waals surface area contributed by atoms with Gasteiger partial charge in [-0.25, -0.2) is 0 Å². The van der Waals surface area contributed by atoms with Gasteiger partial charge in [0.15, 0.2) is 10.1 Å². The summed E-state index contributed by atoms with van der Waals surface area (Å²) in [6.07, 6.45) is 1.45. The number of nitro benzene ring substituents is 1. The van der Waals surface area contributed by atoms with Crippen molar-refractivity contribution in [2.45, 2.75) is 29.5 Å². The number of benzene rings is 2. The summed E-state index contributed by atoms with van der Waals surface area (Å²) in [5, 5.41) is 33.3. The number of nitrogens with two attached hydrogens (primary N) is 1. The van der Waals surface area contributed by atoms with Crippen molar-refractivity contribution in [3.05, 3.63) is 90.9 Å². The first-order valence-corrected chi connectivity index (χ1v) is 14.7. The lowest BCUT2D eigenvalue weighted by molar-refractivity contribution is -0.384. The molecule has 0 radical (unpaired) electrons. The highest BCUT2D eigenvalue weighted by Crippen LogP contribution is 2.48. The van der Waals surface area contributed by atoms with Crippen LogP contribution in [0.4, 0.5) is 16.5 Å². The normalized spacial score (nSPS) is 16.9. The minimum absolute atomic E-state index is 0.0321. The quantitative estimate of drug-likeness (QED) is 0.186. The number of aromatic nitrogens is 2. The molecule has 15 heteroatoms. The third-order valence-electron chi connectivity index (χ3n) is 6.44. The predicted molar refractivity (Wildman–Crippen MR) is 157 cm³/mol. The highest BCUT2D eigenvalue weighted by atomic mass is 35.5. The fourth-order valence-electron chi connectivity index (χ4n) is 4.72. The fourth-order valence-corrected chi connectivity index (χ4v) is 6.92. The Morgan fingerprint density at radius 3 is 2.80 bits per heavy atom. The number of non-ortho nitro benzene ring substituents is 1. The van der Waals surface area contributed by atoms with E-state index in [1.54, 1.807) is 29.2 Å². The van der Waals surface area contributed by atoms with Crippen molar-refractivity contribution in [1.29, 1.82) is 5.26 Å². The summed E-state index contributed by atoms with van der Waals surface area (Å²) in [6, 6.07) is 12.7. The molecule has 1 atom stereocenters. The minimum atomic E-state index is -0.747. The number of hydrogen-bond acceptors (Lipinski definition) is 11. The van der Waals surface area contributed by atoms with Crippen LogP contribution in [0.15, 0.2) is 69.5 Å². The lowest BCUT2D eigenvalue weighted by Gasteiger charge is -2.38. The Morgan fingerprint density at radius 1 is 1.27 bits per heavy atom. The van der Waals surface area contributed by atoms with Crippen LogP contribution in [-0.4, -0.2) is 32.6 Å². The number of ketones is 1. The summed E-state index contributed by atoms with van der Waals surface area (Å²) < 4.78 is 0.452. The molecule has 1 aromatic heterocycles. The van der Waals surface area contributed by atoms with Crippen molar-refractivity contribution in [1.82, 2.24) is 10.2 Å². The van der Waals surface area contributed by atoms with Crippen LogP contribution in [0.25, 0.3) is 0 Å². The number of anilines is 2. The molecule has 1 aliphatic heterocycles. The van der Waals surface area contributed by atoms with Gasteiger partial charge in [-0.3, -0.25) is 24.6 Å². The fraction of sp³-hybridized carbons (Fsp3) is 0.192. The van der Waals surface area contributed by atoms with Crippen molar-refractivity contribution in [2.24, 2.45) is 5.73 Å². The Bertz CT molecular complexity index is 1700. The van der Waals surface area contributed by atoms with Crippen LogP contribution in [0, 0.1) is 21.4 Å². The second kappa shape index (κ2) is 11.9. The molecule has 5 rings (SSSR count). The number of carbonyl (C=O) groups excluding carboxylic acids is 2. The van der Waals surface area contributed by atoms with E-state index in [9.17, 15) is 25.0 Å². The predicted octanol–water partition coefficient (Wildman–Crippen LogP) is 5.79. The maximum absolute atomic E-state index is 13.3. The Labute approximate surface area is 251 Å². The zero-order valence-electron chi connectivity index (χ0n) is 21.0. The zero-order chi connectivity index (χ0) is 29.3. The molecule has 0 saturated heterocycles. The molecule has 11 nitrogen and oxygen atoms in total. The van der Waals surface area contributed by atoms with Gasteiger partial charge >= 0.3 is 0 Å². The first kappa shape index (κ1) is 28.6. The molecule has 0 fully saturated rings. The van der Waals surface area contributed by atoms with Crippen molar-refractivity contribution in [2.75, 3.05) is 16.0 Å². The molecule has 2 aromatic carbocycles. The second-order valence-electron chi connectivity index (χ2n) is 8.98. The van der Waals surface area contributed by atoms with E-state index in [1.165, 1.54) is 18.2 Å². The standard InChI is InChI=1S/C26H19Cl2N7O4S2/c27-13-7-8-16(18(28)9-13)22-17(11-29)24(30)34(19-5-2-6-20(36)23(19)22)25-32-33-26(41-25)40-12-21(37)31-14-3-1-4-15(10-14)35(38)39/h1,3-4,7-10,22H,2,5-6,12,30H2,(H,31,37). The molecule has 0 spiro atoms. The number of thioether (sulfide) groups is 1. The van der Waals surface area contributed by atoms with Crippen molar-refractivity contribution in [3.63, 3.8) is 0 Å².